The van der Waals surface area contributed by atoms with Crippen molar-refractivity contribution in [3.8, 4) is 0 Å². The van der Waals surface area contributed by atoms with E-state index < -0.39 is 0 Å². The maximum Gasteiger partial charge on any atom is 0.123 e. The van der Waals surface area contributed by atoms with E-state index in [1.807, 2.05) is 13.0 Å². The second-order valence-corrected chi connectivity index (χ2v) is 4.65. The maximum absolute atomic E-state index is 13.0. The zero-order chi connectivity index (χ0) is 11.5. The van der Waals surface area contributed by atoms with Crippen LogP contribution in [0.25, 0.3) is 0 Å². The molecule has 1 aliphatic rings. The van der Waals surface area contributed by atoms with Crippen molar-refractivity contribution in [1.29, 1.82) is 0 Å². The summed E-state index contributed by atoms with van der Waals surface area (Å²) in [6.07, 6.45) is 0.796. The number of hydrogen-bond donors (Lipinski definition) is 1. The largest absolute Gasteiger partial charge is 0.393 e. The zero-order valence-corrected chi connectivity index (χ0v) is 9.56. The molecule has 0 aromatic heterocycles. The zero-order valence-electron chi connectivity index (χ0n) is 9.56. The van der Waals surface area contributed by atoms with Gasteiger partial charge in [0.25, 0.3) is 0 Å². The molecule has 1 saturated heterocycles. The molecule has 2 nitrogen and oxygen atoms in total. The van der Waals surface area contributed by atoms with Crippen LogP contribution in [0.1, 0.15) is 18.9 Å². The molecule has 3 heteroatoms. The Balaban J connectivity index is 1.92. The summed E-state index contributed by atoms with van der Waals surface area (Å²) in [4.78, 5) is 2.27. The second-order valence-electron chi connectivity index (χ2n) is 4.65. The highest BCUT2D eigenvalue weighted by Crippen LogP contribution is 2.21. The first kappa shape index (κ1) is 11.6. The van der Waals surface area contributed by atoms with Gasteiger partial charge < -0.3 is 5.11 Å². The summed E-state index contributed by atoms with van der Waals surface area (Å²) in [6.45, 7) is 4.53. The van der Waals surface area contributed by atoms with Gasteiger partial charge in [0, 0.05) is 13.1 Å². The Labute approximate surface area is 95.7 Å². The molecule has 1 fully saturated rings. The summed E-state index contributed by atoms with van der Waals surface area (Å²) < 4.78 is 13.0. The minimum atomic E-state index is -0.238. The van der Waals surface area contributed by atoms with Crippen LogP contribution in [-0.2, 0) is 6.54 Å². The van der Waals surface area contributed by atoms with Gasteiger partial charge in [0.1, 0.15) is 5.82 Å². The molecule has 0 saturated carbocycles. The predicted octanol–water partition coefficient (Wildman–Crippen LogP) is 2.03. The van der Waals surface area contributed by atoms with Crippen LogP contribution in [0.4, 0.5) is 4.39 Å². The van der Waals surface area contributed by atoms with Crippen LogP contribution >= 0.6 is 0 Å². The molecule has 0 amide bonds. The molecule has 2 unspecified atom stereocenters. The molecule has 1 N–H and O–H groups in total. The first-order valence-electron chi connectivity index (χ1n) is 5.80. The Morgan fingerprint density at radius 2 is 2.38 bits per heavy atom. The lowest BCUT2D eigenvalue weighted by molar-refractivity contribution is 0.127. The SMILES string of the molecule is CC(O)C1CCN(Cc2cccc(F)c2)C1. The number of hydrogen-bond acceptors (Lipinski definition) is 2. The summed E-state index contributed by atoms with van der Waals surface area (Å²) in [5.41, 5.74) is 1.01. The molecule has 0 aliphatic carbocycles. The summed E-state index contributed by atoms with van der Waals surface area (Å²) >= 11 is 0. The van der Waals surface area contributed by atoms with E-state index in [0.717, 1.165) is 31.6 Å². The first-order valence-corrected chi connectivity index (χ1v) is 5.80. The van der Waals surface area contributed by atoms with Crippen molar-refractivity contribution in [2.24, 2.45) is 5.92 Å². The molecule has 2 atom stereocenters. The molecule has 88 valence electrons. The van der Waals surface area contributed by atoms with Crippen LogP contribution < -0.4 is 0 Å². The summed E-state index contributed by atoms with van der Waals surface area (Å²) in [5.74, 6) is 0.192. The lowest BCUT2D eigenvalue weighted by Crippen LogP contribution is -2.23. The molecule has 1 aromatic rings. The topological polar surface area (TPSA) is 23.5 Å². The standard InChI is InChI=1S/C13H18FNO/c1-10(16)12-5-6-15(9-12)8-11-3-2-4-13(14)7-11/h2-4,7,10,12,16H,5-6,8-9H2,1H3. The fourth-order valence-corrected chi connectivity index (χ4v) is 2.29. The van der Waals surface area contributed by atoms with Gasteiger partial charge in [0.2, 0.25) is 0 Å². The molecule has 0 bridgehead atoms. The quantitative estimate of drug-likeness (QED) is 0.847. The monoisotopic (exact) mass is 223 g/mol. The summed E-state index contributed by atoms with van der Waals surface area (Å²) in [5, 5.41) is 9.49. The van der Waals surface area contributed by atoms with Gasteiger partial charge in [-0.3, -0.25) is 4.90 Å². The van der Waals surface area contributed by atoms with E-state index in [-0.39, 0.29) is 11.9 Å². The molecular formula is C13H18FNO. The molecule has 0 radical (unpaired) electrons. The molecule has 1 aromatic carbocycles. The van der Waals surface area contributed by atoms with E-state index in [1.54, 1.807) is 12.1 Å². The molecule has 16 heavy (non-hydrogen) atoms. The third-order valence-corrected chi connectivity index (χ3v) is 3.29. The molecule has 1 aliphatic heterocycles. The lowest BCUT2D eigenvalue weighted by atomic mass is 10.0. The van der Waals surface area contributed by atoms with E-state index in [4.69, 9.17) is 0 Å². The van der Waals surface area contributed by atoms with Crippen molar-refractivity contribution in [1.82, 2.24) is 4.90 Å². The number of nitrogens with zero attached hydrogens (tertiary/aromatic N) is 1. The van der Waals surface area contributed by atoms with Gasteiger partial charge in [0.05, 0.1) is 6.10 Å². The third kappa shape index (κ3) is 2.80. The van der Waals surface area contributed by atoms with Crippen LogP contribution in [0.3, 0.4) is 0 Å². The number of likely N-dealkylation sites (tertiary alicyclic amines) is 1. The van der Waals surface area contributed by atoms with Gasteiger partial charge in [0.15, 0.2) is 0 Å². The number of aliphatic hydroxyl groups is 1. The van der Waals surface area contributed by atoms with Gasteiger partial charge in [-0.1, -0.05) is 12.1 Å². The smallest absolute Gasteiger partial charge is 0.123 e. The van der Waals surface area contributed by atoms with E-state index >= 15 is 0 Å². The third-order valence-electron chi connectivity index (χ3n) is 3.29. The minimum absolute atomic E-state index is 0.177. The Bertz CT molecular complexity index is 354. The highest BCUT2D eigenvalue weighted by Gasteiger charge is 2.25. The van der Waals surface area contributed by atoms with Crippen molar-refractivity contribution in [2.75, 3.05) is 13.1 Å². The van der Waals surface area contributed by atoms with Crippen LogP contribution in [0.15, 0.2) is 24.3 Å². The van der Waals surface area contributed by atoms with Gasteiger partial charge in [-0.2, -0.15) is 0 Å². The average molecular weight is 223 g/mol. The van der Waals surface area contributed by atoms with E-state index in [0.29, 0.717) is 5.92 Å². The Kier molecular flexibility index (Phi) is 3.56. The van der Waals surface area contributed by atoms with Gasteiger partial charge in [-0.15, -0.1) is 0 Å². The van der Waals surface area contributed by atoms with Crippen molar-refractivity contribution in [3.05, 3.63) is 35.6 Å². The van der Waals surface area contributed by atoms with Gasteiger partial charge in [-0.25, -0.2) is 4.39 Å². The van der Waals surface area contributed by atoms with Crippen molar-refractivity contribution >= 4 is 0 Å². The van der Waals surface area contributed by atoms with Crippen LogP contribution in [0.5, 0.6) is 0 Å². The molecule has 2 rings (SSSR count). The fourth-order valence-electron chi connectivity index (χ4n) is 2.29. The number of benzene rings is 1. The van der Waals surface area contributed by atoms with E-state index in [9.17, 15) is 9.50 Å². The Hall–Kier alpha value is -0.930. The highest BCUT2D eigenvalue weighted by atomic mass is 19.1. The van der Waals surface area contributed by atoms with Gasteiger partial charge in [-0.05, 0) is 43.5 Å². The predicted molar refractivity (Wildman–Crippen MR) is 61.5 cm³/mol. The lowest BCUT2D eigenvalue weighted by Gasteiger charge is -2.17. The molecular weight excluding hydrogens is 205 g/mol. The van der Waals surface area contributed by atoms with Crippen LogP contribution in [-0.4, -0.2) is 29.2 Å². The first-order chi connectivity index (χ1) is 7.65. The number of aliphatic hydroxyl groups excluding tert-OH is 1. The van der Waals surface area contributed by atoms with Crippen LogP contribution in [0, 0.1) is 11.7 Å². The summed E-state index contributed by atoms with van der Waals surface area (Å²) in [7, 11) is 0. The van der Waals surface area contributed by atoms with Gasteiger partial charge >= 0.3 is 0 Å². The molecule has 0 spiro atoms. The fraction of sp³-hybridized carbons (Fsp3) is 0.538. The van der Waals surface area contributed by atoms with E-state index in [2.05, 4.69) is 4.90 Å². The van der Waals surface area contributed by atoms with E-state index in [1.165, 1.54) is 6.07 Å². The highest BCUT2D eigenvalue weighted by molar-refractivity contribution is 5.16. The molecule has 1 heterocycles. The summed E-state index contributed by atoms with van der Waals surface area (Å²) in [6, 6.07) is 6.73. The number of halogens is 1. The normalized spacial score (nSPS) is 23.6. The number of rotatable bonds is 3. The van der Waals surface area contributed by atoms with Crippen LogP contribution in [0.2, 0.25) is 0 Å². The average Bonchev–Trinajstić information content (AvgIpc) is 2.66. The van der Waals surface area contributed by atoms with Crippen molar-refractivity contribution in [3.63, 3.8) is 0 Å². The Morgan fingerprint density at radius 1 is 1.56 bits per heavy atom. The second kappa shape index (κ2) is 4.93. The minimum Gasteiger partial charge on any atom is -0.393 e. The van der Waals surface area contributed by atoms with Crippen molar-refractivity contribution in [2.45, 2.75) is 26.0 Å². The van der Waals surface area contributed by atoms with Crippen molar-refractivity contribution < 1.29 is 9.50 Å². The Morgan fingerprint density at radius 3 is 3.00 bits per heavy atom. The maximum atomic E-state index is 13.0.